The van der Waals surface area contributed by atoms with Gasteiger partial charge in [0.2, 0.25) is 10.0 Å². The van der Waals surface area contributed by atoms with Gasteiger partial charge in [0.1, 0.15) is 6.07 Å². The van der Waals surface area contributed by atoms with Gasteiger partial charge in [0.25, 0.3) is 0 Å². The molecule has 0 heterocycles. The van der Waals surface area contributed by atoms with Crippen molar-refractivity contribution in [3.8, 4) is 6.07 Å². The molecule has 0 aliphatic rings. The molecule has 0 spiro atoms. The number of sulfonamides is 1. The first-order valence-electron chi connectivity index (χ1n) is 6.49. The Balaban J connectivity index is 2.90. The standard InChI is InChI=1S/C14H18N2O4S/c1-10(2)7-12(14(17)18)9-16-21(19,20)13-6-4-3-5-11(13)8-15/h3-6,10,12,16H,7,9H2,1-2H3,(H,17,18). The van der Waals surface area contributed by atoms with E-state index < -0.39 is 21.9 Å². The summed E-state index contributed by atoms with van der Waals surface area (Å²) in [4.78, 5) is 11.0. The van der Waals surface area contributed by atoms with Crippen molar-refractivity contribution in [1.29, 1.82) is 5.26 Å². The monoisotopic (exact) mass is 310 g/mol. The lowest BCUT2D eigenvalue weighted by Crippen LogP contribution is -2.34. The number of hydrogen-bond donors (Lipinski definition) is 2. The molecule has 21 heavy (non-hydrogen) atoms. The first-order valence-corrected chi connectivity index (χ1v) is 7.98. The van der Waals surface area contributed by atoms with Crippen molar-refractivity contribution < 1.29 is 18.3 Å². The van der Waals surface area contributed by atoms with Crippen molar-refractivity contribution in [3.63, 3.8) is 0 Å². The number of carbonyl (C=O) groups is 1. The summed E-state index contributed by atoms with van der Waals surface area (Å²) in [5.74, 6) is -1.70. The zero-order valence-electron chi connectivity index (χ0n) is 11.9. The topological polar surface area (TPSA) is 107 Å². The number of rotatable bonds is 7. The smallest absolute Gasteiger partial charge is 0.307 e. The zero-order chi connectivity index (χ0) is 16.0. The van der Waals surface area contributed by atoms with Crippen LogP contribution in [0.15, 0.2) is 29.2 Å². The highest BCUT2D eigenvalue weighted by molar-refractivity contribution is 7.89. The number of benzene rings is 1. The van der Waals surface area contributed by atoms with Crippen LogP contribution in [-0.2, 0) is 14.8 Å². The molecule has 0 aliphatic heterocycles. The zero-order valence-corrected chi connectivity index (χ0v) is 12.7. The number of nitrogens with zero attached hydrogens (tertiary/aromatic N) is 1. The maximum absolute atomic E-state index is 12.2. The molecule has 2 N–H and O–H groups in total. The second-order valence-electron chi connectivity index (χ2n) is 5.12. The van der Waals surface area contributed by atoms with Gasteiger partial charge in [0.15, 0.2) is 0 Å². The molecule has 0 aromatic heterocycles. The van der Waals surface area contributed by atoms with E-state index in [4.69, 9.17) is 10.4 Å². The van der Waals surface area contributed by atoms with Crippen LogP contribution in [0, 0.1) is 23.2 Å². The second-order valence-corrected chi connectivity index (χ2v) is 6.86. The maximum Gasteiger partial charge on any atom is 0.307 e. The Morgan fingerprint density at radius 1 is 1.38 bits per heavy atom. The number of carboxylic acids is 1. The average molecular weight is 310 g/mol. The quantitative estimate of drug-likeness (QED) is 0.795. The number of nitriles is 1. The number of carboxylic acid groups (broad SMARTS) is 1. The number of hydrogen-bond acceptors (Lipinski definition) is 4. The third-order valence-electron chi connectivity index (χ3n) is 2.92. The van der Waals surface area contributed by atoms with E-state index in [1.165, 1.54) is 18.2 Å². The molecule has 0 radical (unpaired) electrons. The van der Waals surface area contributed by atoms with Crippen LogP contribution in [0.25, 0.3) is 0 Å². The molecule has 1 atom stereocenters. The summed E-state index contributed by atoms with van der Waals surface area (Å²) < 4.78 is 26.6. The Hall–Kier alpha value is -1.91. The van der Waals surface area contributed by atoms with Gasteiger partial charge in [0, 0.05) is 6.54 Å². The minimum atomic E-state index is -3.90. The lowest BCUT2D eigenvalue weighted by atomic mass is 9.98. The first-order chi connectivity index (χ1) is 9.77. The Morgan fingerprint density at radius 3 is 2.52 bits per heavy atom. The van der Waals surface area contributed by atoms with E-state index in [1.54, 1.807) is 6.07 Å². The Labute approximate surface area is 124 Å². The molecule has 1 rings (SSSR count). The van der Waals surface area contributed by atoms with E-state index >= 15 is 0 Å². The van der Waals surface area contributed by atoms with Gasteiger partial charge >= 0.3 is 5.97 Å². The summed E-state index contributed by atoms with van der Waals surface area (Å²) in [6.45, 7) is 3.54. The molecule has 1 aromatic carbocycles. The Kier molecular flexibility index (Phi) is 5.88. The van der Waals surface area contributed by atoms with Crippen molar-refractivity contribution in [1.82, 2.24) is 4.72 Å². The summed E-state index contributed by atoms with van der Waals surface area (Å²) in [5, 5.41) is 18.0. The minimum absolute atomic E-state index is 0.0285. The SMILES string of the molecule is CC(C)CC(CNS(=O)(=O)c1ccccc1C#N)C(=O)O. The van der Waals surface area contributed by atoms with Crippen molar-refractivity contribution in [2.24, 2.45) is 11.8 Å². The molecule has 0 bridgehead atoms. The largest absolute Gasteiger partial charge is 0.481 e. The summed E-state index contributed by atoms with van der Waals surface area (Å²) >= 11 is 0. The van der Waals surface area contributed by atoms with Crippen LogP contribution in [-0.4, -0.2) is 26.0 Å². The van der Waals surface area contributed by atoms with Gasteiger partial charge in [-0.3, -0.25) is 4.79 Å². The van der Waals surface area contributed by atoms with E-state index in [1.807, 2.05) is 19.9 Å². The van der Waals surface area contributed by atoms with Crippen LogP contribution in [0.5, 0.6) is 0 Å². The predicted molar refractivity (Wildman–Crippen MR) is 76.9 cm³/mol. The van der Waals surface area contributed by atoms with Crippen molar-refractivity contribution in [2.75, 3.05) is 6.54 Å². The van der Waals surface area contributed by atoms with Gasteiger partial charge in [-0.1, -0.05) is 26.0 Å². The third kappa shape index (κ3) is 4.85. The molecule has 0 amide bonds. The van der Waals surface area contributed by atoms with Crippen molar-refractivity contribution in [2.45, 2.75) is 25.2 Å². The van der Waals surface area contributed by atoms with Crippen LogP contribution < -0.4 is 4.72 Å². The van der Waals surface area contributed by atoms with Crippen LogP contribution in [0.4, 0.5) is 0 Å². The van der Waals surface area contributed by atoms with Crippen LogP contribution in [0.3, 0.4) is 0 Å². The van der Waals surface area contributed by atoms with E-state index in [0.29, 0.717) is 6.42 Å². The second kappa shape index (κ2) is 7.20. The van der Waals surface area contributed by atoms with Gasteiger partial charge in [-0.25, -0.2) is 13.1 Å². The highest BCUT2D eigenvalue weighted by atomic mass is 32.2. The van der Waals surface area contributed by atoms with Gasteiger partial charge in [-0.05, 0) is 24.5 Å². The molecule has 114 valence electrons. The first kappa shape index (κ1) is 17.1. The van der Waals surface area contributed by atoms with Crippen molar-refractivity contribution in [3.05, 3.63) is 29.8 Å². The van der Waals surface area contributed by atoms with Crippen LogP contribution in [0.1, 0.15) is 25.8 Å². The molecular formula is C14H18N2O4S. The average Bonchev–Trinajstić information content (AvgIpc) is 2.42. The highest BCUT2D eigenvalue weighted by Gasteiger charge is 2.24. The fraction of sp³-hybridized carbons (Fsp3) is 0.429. The normalized spacial score (nSPS) is 12.9. The number of nitrogens with one attached hydrogen (secondary N) is 1. The molecule has 7 heteroatoms. The predicted octanol–water partition coefficient (Wildman–Crippen LogP) is 1.58. The molecular weight excluding hydrogens is 292 g/mol. The molecule has 1 unspecified atom stereocenters. The molecule has 0 fully saturated rings. The van der Waals surface area contributed by atoms with Crippen LogP contribution in [0.2, 0.25) is 0 Å². The third-order valence-corrected chi connectivity index (χ3v) is 4.40. The van der Waals surface area contributed by atoms with E-state index in [9.17, 15) is 13.2 Å². The summed E-state index contributed by atoms with van der Waals surface area (Å²) in [5.41, 5.74) is 0.0285. The lowest BCUT2D eigenvalue weighted by Gasteiger charge is -2.15. The highest BCUT2D eigenvalue weighted by Crippen LogP contribution is 2.16. The van der Waals surface area contributed by atoms with Gasteiger partial charge in [-0.15, -0.1) is 0 Å². The van der Waals surface area contributed by atoms with E-state index in [0.717, 1.165) is 0 Å². The lowest BCUT2D eigenvalue weighted by molar-refractivity contribution is -0.142. The van der Waals surface area contributed by atoms with Crippen molar-refractivity contribution >= 4 is 16.0 Å². The Morgan fingerprint density at radius 2 is 2.00 bits per heavy atom. The molecule has 0 saturated heterocycles. The molecule has 1 aromatic rings. The van der Waals surface area contributed by atoms with Gasteiger partial charge in [0.05, 0.1) is 16.4 Å². The Bertz CT molecular complexity index is 647. The summed E-state index contributed by atoms with van der Waals surface area (Å²) in [6.07, 6.45) is 0.373. The van der Waals surface area contributed by atoms with E-state index in [-0.39, 0.29) is 22.9 Å². The fourth-order valence-electron chi connectivity index (χ4n) is 1.92. The molecule has 0 aliphatic carbocycles. The van der Waals surface area contributed by atoms with E-state index in [2.05, 4.69) is 4.72 Å². The summed E-state index contributed by atoms with van der Waals surface area (Å²) in [6, 6.07) is 7.61. The van der Waals surface area contributed by atoms with Gasteiger partial charge in [-0.2, -0.15) is 5.26 Å². The maximum atomic E-state index is 12.2. The molecule has 0 saturated carbocycles. The number of aliphatic carboxylic acids is 1. The summed E-state index contributed by atoms with van der Waals surface area (Å²) in [7, 11) is -3.90. The molecule has 6 nitrogen and oxygen atoms in total. The van der Waals surface area contributed by atoms with Crippen LogP contribution >= 0.6 is 0 Å². The fourth-order valence-corrected chi connectivity index (χ4v) is 3.16. The van der Waals surface area contributed by atoms with Gasteiger partial charge < -0.3 is 5.11 Å². The minimum Gasteiger partial charge on any atom is -0.481 e.